The molecule has 1 aliphatic rings. The van der Waals surface area contributed by atoms with E-state index in [0.717, 1.165) is 5.57 Å². The molecule has 0 saturated heterocycles. The predicted molar refractivity (Wildman–Crippen MR) is 37.0 cm³/mol. The molecular formula is C8H8O. The maximum atomic E-state index is 8.63. The van der Waals surface area contributed by atoms with Crippen LogP contribution in [-0.2, 0) is 0 Å². The highest BCUT2D eigenvalue weighted by atomic mass is 16.3. The van der Waals surface area contributed by atoms with Crippen LogP contribution < -0.4 is 0 Å². The Morgan fingerprint density at radius 1 is 1.44 bits per heavy atom. The van der Waals surface area contributed by atoms with E-state index in [4.69, 9.17) is 5.11 Å². The van der Waals surface area contributed by atoms with Crippen molar-refractivity contribution in [3.8, 4) is 0 Å². The zero-order valence-electron chi connectivity index (χ0n) is 5.04. The van der Waals surface area contributed by atoms with Crippen LogP contribution in [0.2, 0.25) is 0 Å². The molecule has 9 heavy (non-hydrogen) atoms. The Labute approximate surface area is 54.3 Å². The molecule has 1 N–H and O–H groups in total. The topological polar surface area (TPSA) is 20.2 Å². The van der Waals surface area contributed by atoms with Crippen molar-refractivity contribution >= 4 is 0 Å². The van der Waals surface area contributed by atoms with E-state index in [0.29, 0.717) is 0 Å². The smallest absolute Gasteiger partial charge is 0.0687 e. The van der Waals surface area contributed by atoms with E-state index >= 15 is 0 Å². The van der Waals surface area contributed by atoms with Gasteiger partial charge in [0.2, 0.25) is 0 Å². The normalized spacial score (nSPS) is 15.4. The molecule has 0 aliphatic heterocycles. The number of aliphatic hydroxyl groups is 1. The number of hydrogen-bond acceptors (Lipinski definition) is 1. The summed E-state index contributed by atoms with van der Waals surface area (Å²) < 4.78 is 0. The van der Waals surface area contributed by atoms with Crippen LogP contribution in [0.25, 0.3) is 0 Å². The van der Waals surface area contributed by atoms with E-state index in [-0.39, 0.29) is 6.61 Å². The standard InChI is InChI=1S/C8H8O/c9-7-8-5-3-1-2-4-6-8/h1-3,5-6,9H,7H2. The largest absolute Gasteiger partial charge is 0.392 e. The highest BCUT2D eigenvalue weighted by Crippen LogP contribution is 1.97. The lowest BCUT2D eigenvalue weighted by atomic mass is 10.2. The van der Waals surface area contributed by atoms with Crippen LogP contribution in [0.3, 0.4) is 0 Å². The van der Waals surface area contributed by atoms with Gasteiger partial charge < -0.3 is 5.11 Å². The van der Waals surface area contributed by atoms with Crippen molar-refractivity contribution in [1.29, 1.82) is 0 Å². The lowest BCUT2D eigenvalue weighted by molar-refractivity contribution is 0.335. The molecule has 1 heteroatoms. The third-order valence-electron chi connectivity index (χ3n) is 1.07. The summed E-state index contributed by atoms with van der Waals surface area (Å²) in [6, 6.07) is 0. The van der Waals surface area contributed by atoms with Gasteiger partial charge in [0, 0.05) is 0 Å². The molecule has 0 aromatic rings. The van der Waals surface area contributed by atoms with Gasteiger partial charge in [-0.15, -0.1) is 5.73 Å². The lowest BCUT2D eigenvalue weighted by Gasteiger charge is -1.87. The van der Waals surface area contributed by atoms with Crippen LogP contribution in [0.15, 0.2) is 41.7 Å². The summed E-state index contributed by atoms with van der Waals surface area (Å²) in [7, 11) is 0. The fraction of sp³-hybridized carbons (Fsp3) is 0.125. The molecular weight excluding hydrogens is 112 g/mol. The van der Waals surface area contributed by atoms with Gasteiger partial charge in [0.15, 0.2) is 0 Å². The monoisotopic (exact) mass is 120 g/mol. The van der Waals surface area contributed by atoms with Crippen molar-refractivity contribution < 1.29 is 5.11 Å². The predicted octanol–water partition coefficient (Wildman–Crippen LogP) is 1.19. The maximum Gasteiger partial charge on any atom is 0.0687 e. The first-order chi connectivity index (χ1) is 4.43. The van der Waals surface area contributed by atoms with Crippen molar-refractivity contribution in [2.75, 3.05) is 6.61 Å². The Morgan fingerprint density at radius 2 is 2.33 bits per heavy atom. The van der Waals surface area contributed by atoms with E-state index in [2.05, 4.69) is 5.73 Å². The molecule has 0 unspecified atom stereocenters. The average Bonchev–Trinajstić information content (AvgIpc) is 2.13. The summed E-state index contributed by atoms with van der Waals surface area (Å²) >= 11 is 0. The van der Waals surface area contributed by atoms with Crippen LogP contribution in [0.5, 0.6) is 0 Å². The first kappa shape index (κ1) is 6.09. The summed E-state index contributed by atoms with van der Waals surface area (Å²) in [5.74, 6) is 0. The van der Waals surface area contributed by atoms with Gasteiger partial charge in [0.25, 0.3) is 0 Å². The Morgan fingerprint density at radius 3 is 3.11 bits per heavy atom. The zero-order valence-corrected chi connectivity index (χ0v) is 5.04. The van der Waals surface area contributed by atoms with Crippen LogP contribution in [0, 0.1) is 0 Å². The minimum Gasteiger partial charge on any atom is -0.392 e. The lowest BCUT2D eigenvalue weighted by Crippen LogP contribution is -1.82. The second-order valence-electron chi connectivity index (χ2n) is 1.76. The average molecular weight is 120 g/mol. The van der Waals surface area contributed by atoms with E-state index < -0.39 is 0 Å². The van der Waals surface area contributed by atoms with Crippen molar-refractivity contribution in [1.82, 2.24) is 0 Å². The molecule has 1 aliphatic carbocycles. The fourth-order valence-corrected chi connectivity index (χ4v) is 0.592. The van der Waals surface area contributed by atoms with Gasteiger partial charge >= 0.3 is 0 Å². The van der Waals surface area contributed by atoms with Gasteiger partial charge in [-0.05, 0) is 17.7 Å². The summed E-state index contributed by atoms with van der Waals surface area (Å²) in [5.41, 5.74) is 3.77. The molecule has 0 bridgehead atoms. The van der Waals surface area contributed by atoms with Gasteiger partial charge in [-0.3, -0.25) is 0 Å². The van der Waals surface area contributed by atoms with Crippen molar-refractivity contribution in [2.24, 2.45) is 0 Å². The first-order valence-corrected chi connectivity index (χ1v) is 2.82. The molecule has 0 atom stereocenters. The van der Waals surface area contributed by atoms with Crippen molar-refractivity contribution in [3.05, 3.63) is 41.7 Å². The van der Waals surface area contributed by atoms with Gasteiger partial charge in [0.05, 0.1) is 6.61 Å². The third-order valence-corrected chi connectivity index (χ3v) is 1.07. The molecule has 0 amide bonds. The number of rotatable bonds is 1. The number of hydrogen-bond donors (Lipinski definition) is 1. The Bertz CT molecular complexity index is 203. The van der Waals surface area contributed by atoms with E-state index in [1.165, 1.54) is 0 Å². The van der Waals surface area contributed by atoms with Gasteiger partial charge in [-0.1, -0.05) is 18.2 Å². The first-order valence-electron chi connectivity index (χ1n) is 2.82. The van der Waals surface area contributed by atoms with Gasteiger partial charge in [-0.25, -0.2) is 0 Å². The van der Waals surface area contributed by atoms with Crippen LogP contribution in [0.1, 0.15) is 0 Å². The number of aliphatic hydroxyl groups excluding tert-OH is 1. The third kappa shape index (κ3) is 1.73. The second kappa shape index (κ2) is 3.08. The molecule has 0 aromatic carbocycles. The highest BCUT2D eigenvalue weighted by molar-refractivity contribution is 5.28. The summed E-state index contributed by atoms with van der Waals surface area (Å²) in [6.07, 6.45) is 9.18. The minimum atomic E-state index is 0.0885. The molecule has 0 fully saturated rings. The molecule has 0 heterocycles. The Kier molecular flexibility index (Phi) is 2.08. The molecule has 1 rings (SSSR count). The van der Waals surface area contributed by atoms with Crippen LogP contribution >= 0.6 is 0 Å². The van der Waals surface area contributed by atoms with E-state index in [9.17, 15) is 0 Å². The van der Waals surface area contributed by atoms with Crippen molar-refractivity contribution in [2.45, 2.75) is 0 Å². The van der Waals surface area contributed by atoms with Gasteiger partial charge in [-0.2, -0.15) is 0 Å². The molecule has 46 valence electrons. The molecule has 0 radical (unpaired) electrons. The minimum absolute atomic E-state index is 0.0885. The molecule has 0 aromatic heterocycles. The van der Waals surface area contributed by atoms with E-state index in [1.807, 2.05) is 18.2 Å². The molecule has 1 nitrogen and oxygen atoms in total. The zero-order chi connectivity index (χ0) is 6.53. The highest BCUT2D eigenvalue weighted by Gasteiger charge is 1.85. The van der Waals surface area contributed by atoms with E-state index in [1.54, 1.807) is 12.2 Å². The Balaban J connectivity index is 2.82. The van der Waals surface area contributed by atoms with Gasteiger partial charge in [0.1, 0.15) is 0 Å². The number of allylic oxidation sites excluding steroid dienone is 3. The summed E-state index contributed by atoms with van der Waals surface area (Å²) in [4.78, 5) is 0. The molecule has 0 spiro atoms. The maximum absolute atomic E-state index is 8.63. The van der Waals surface area contributed by atoms with Crippen LogP contribution in [-0.4, -0.2) is 11.7 Å². The molecule has 0 saturated carbocycles. The summed E-state index contributed by atoms with van der Waals surface area (Å²) in [6.45, 7) is 0.0885. The second-order valence-corrected chi connectivity index (χ2v) is 1.76. The van der Waals surface area contributed by atoms with Crippen LogP contribution in [0.4, 0.5) is 0 Å². The fourth-order valence-electron chi connectivity index (χ4n) is 0.592. The Hall–Kier alpha value is -1.04. The quantitative estimate of drug-likeness (QED) is 0.515. The summed E-state index contributed by atoms with van der Waals surface area (Å²) in [5, 5.41) is 8.63. The van der Waals surface area contributed by atoms with Crippen molar-refractivity contribution in [3.63, 3.8) is 0 Å². The SMILES string of the molecule is OCC1=CC=CC=C=C1.